The summed E-state index contributed by atoms with van der Waals surface area (Å²) in [5.74, 6) is 3.62. The zero-order valence-corrected chi connectivity index (χ0v) is 11.3. The van der Waals surface area contributed by atoms with Crippen LogP contribution in [0.2, 0.25) is 0 Å². The highest BCUT2D eigenvalue weighted by molar-refractivity contribution is 7.99. The van der Waals surface area contributed by atoms with Crippen LogP contribution in [0.3, 0.4) is 0 Å². The Morgan fingerprint density at radius 1 is 1.31 bits per heavy atom. The summed E-state index contributed by atoms with van der Waals surface area (Å²) in [4.78, 5) is 0. The second-order valence-electron chi connectivity index (χ2n) is 5.12. The molecule has 0 amide bonds. The summed E-state index contributed by atoms with van der Waals surface area (Å²) in [7, 11) is 2.15. The minimum atomic E-state index is 0.674. The summed E-state index contributed by atoms with van der Waals surface area (Å²) in [5, 5.41) is 3.58. The van der Waals surface area contributed by atoms with E-state index in [2.05, 4.69) is 30.2 Å². The minimum absolute atomic E-state index is 0.674. The van der Waals surface area contributed by atoms with Gasteiger partial charge in [0.25, 0.3) is 0 Å². The van der Waals surface area contributed by atoms with Gasteiger partial charge in [-0.25, -0.2) is 0 Å². The van der Waals surface area contributed by atoms with Gasteiger partial charge in [-0.05, 0) is 56.6 Å². The zero-order valence-electron chi connectivity index (χ0n) is 10.5. The summed E-state index contributed by atoms with van der Waals surface area (Å²) in [6, 6.07) is 0.674. The van der Waals surface area contributed by atoms with Gasteiger partial charge in [-0.3, -0.25) is 0 Å². The van der Waals surface area contributed by atoms with Gasteiger partial charge in [0.2, 0.25) is 0 Å². The van der Waals surface area contributed by atoms with E-state index in [-0.39, 0.29) is 0 Å². The van der Waals surface area contributed by atoms with Crippen LogP contribution in [0.1, 0.15) is 44.9 Å². The van der Waals surface area contributed by atoms with E-state index in [1.807, 2.05) is 0 Å². The van der Waals surface area contributed by atoms with Crippen molar-refractivity contribution < 1.29 is 0 Å². The molecule has 1 fully saturated rings. The van der Waals surface area contributed by atoms with Crippen LogP contribution in [-0.2, 0) is 0 Å². The number of allylic oxidation sites excluding steroid dienone is 1. The van der Waals surface area contributed by atoms with Crippen LogP contribution in [0.5, 0.6) is 0 Å². The van der Waals surface area contributed by atoms with Crippen LogP contribution < -0.4 is 5.32 Å². The Morgan fingerprint density at radius 3 is 2.94 bits per heavy atom. The average Bonchev–Trinajstić information content (AvgIpc) is 2.75. The molecular formula is C14H25NS. The van der Waals surface area contributed by atoms with Crippen LogP contribution in [0.25, 0.3) is 0 Å². The SMILES string of the molecule is CNC(C1=CCCCCCC1)C1CCSC1. The number of likely N-dealkylation sites (N-methyl/N-ethyl adjacent to an activating group) is 1. The highest BCUT2D eigenvalue weighted by Crippen LogP contribution is 2.31. The van der Waals surface area contributed by atoms with Crippen molar-refractivity contribution in [3.63, 3.8) is 0 Å². The van der Waals surface area contributed by atoms with Crippen LogP contribution in [0.4, 0.5) is 0 Å². The molecule has 1 aliphatic carbocycles. The number of nitrogens with one attached hydrogen (secondary N) is 1. The Bertz CT molecular complexity index is 231. The molecule has 0 radical (unpaired) electrons. The largest absolute Gasteiger partial charge is 0.313 e. The lowest BCUT2D eigenvalue weighted by atomic mass is 9.87. The molecule has 16 heavy (non-hydrogen) atoms. The molecule has 0 spiro atoms. The highest BCUT2D eigenvalue weighted by atomic mass is 32.2. The Labute approximate surface area is 104 Å². The van der Waals surface area contributed by atoms with E-state index in [1.54, 1.807) is 5.57 Å². The predicted molar refractivity (Wildman–Crippen MR) is 74.1 cm³/mol. The van der Waals surface area contributed by atoms with Crippen LogP contribution in [-0.4, -0.2) is 24.6 Å². The van der Waals surface area contributed by atoms with Gasteiger partial charge in [0.15, 0.2) is 0 Å². The van der Waals surface area contributed by atoms with E-state index in [1.165, 1.54) is 56.5 Å². The van der Waals surface area contributed by atoms with Crippen LogP contribution in [0.15, 0.2) is 11.6 Å². The van der Waals surface area contributed by atoms with Gasteiger partial charge in [-0.1, -0.05) is 24.5 Å². The quantitative estimate of drug-likeness (QED) is 0.755. The molecule has 1 nitrogen and oxygen atoms in total. The topological polar surface area (TPSA) is 12.0 Å². The first kappa shape index (κ1) is 12.5. The lowest BCUT2D eigenvalue weighted by Crippen LogP contribution is -2.35. The normalized spacial score (nSPS) is 29.3. The number of rotatable bonds is 3. The number of hydrogen-bond donors (Lipinski definition) is 1. The smallest absolute Gasteiger partial charge is 0.0313 e. The zero-order chi connectivity index (χ0) is 11.2. The van der Waals surface area contributed by atoms with Gasteiger partial charge in [0.1, 0.15) is 0 Å². The van der Waals surface area contributed by atoms with E-state index in [0.29, 0.717) is 6.04 Å². The van der Waals surface area contributed by atoms with Gasteiger partial charge < -0.3 is 5.32 Å². The van der Waals surface area contributed by atoms with Crippen molar-refractivity contribution >= 4 is 11.8 Å². The fourth-order valence-electron chi connectivity index (χ4n) is 3.04. The Balaban J connectivity index is 1.99. The lowest BCUT2D eigenvalue weighted by molar-refractivity contribution is 0.434. The van der Waals surface area contributed by atoms with E-state index < -0.39 is 0 Å². The molecule has 0 aromatic heterocycles. The van der Waals surface area contributed by atoms with Gasteiger partial charge in [-0.15, -0.1) is 0 Å². The first-order valence-electron chi connectivity index (χ1n) is 6.86. The summed E-state index contributed by atoms with van der Waals surface area (Å²) >= 11 is 2.13. The molecule has 2 atom stereocenters. The third-order valence-electron chi connectivity index (χ3n) is 3.97. The highest BCUT2D eigenvalue weighted by Gasteiger charge is 2.26. The Morgan fingerprint density at radius 2 is 2.19 bits per heavy atom. The van der Waals surface area contributed by atoms with E-state index in [4.69, 9.17) is 0 Å². The molecule has 1 saturated heterocycles. The van der Waals surface area contributed by atoms with Crippen molar-refractivity contribution in [2.75, 3.05) is 18.6 Å². The van der Waals surface area contributed by atoms with E-state index in [0.717, 1.165) is 5.92 Å². The van der Waals surface area contributed by atoms with E-state index in [9.17, 15) is 0 Å². The van der Waals surface area contributed by atoms with Gasteiger partial charge in [-0.2, -0.15) is 11.8 Å². The van der Waals surface area contributed by atoms with Crippen molar-refractivity contribution in [1.29, 1.82) is 0 Å². The lowest BCUT2D eigenvalue weighted by Gasteiger charge is -2.26. The fourth-order valence-corrected chi connectivity index (χ4v) is 4.34. The molecule has 1 N–H and O–H groups in total. The second kappa shape index (κ2) is 6.70. The Hall–Kier alpha value is 0.0500. The molecule has 2 heteroatoms. The molecular weight excluding hydrogens is 214 g/mol. The molecule has 2 aliphatic rings. The van der Waals surface area contributed by atoms with Crippen molar-refractivity contribution in [1.82, 2.24) is 5.32 Å². The third-order valence-corrected chi connectivity index (χ3v) is 5.16. The van der Waals surface area contributed by atoms with E-state index >= 15 is 0 Å². The van der Waals surface area contributed by atoms with Crippen LogP contribution >= 0.6 is 11.8 Å². The first-order valence-corrected chi connectivity index (χ1v) is 8.01. The number of hydrogen-bond acceptors (Lipinski definition) is 2. The molecule has 0 aromatic rings. The van der Waals surface area contributed by atoms with Gasteiger partial charge in [0.05, 0.1) is 0 Å². The second-order valence-corrected chi connectivity index (χ2v) is 6.27. The van der Waals surface area contributed by atoms with Gasteiger partial charge >= 0.3 is 0 Å². The summed E-state index contributed by atoms with van der Waals surface area (Å²) < 4.78 is 0. The average molecular weight is 239 g/mol. The van der Waals surface area contributed by atoms with Crippen LogP contribution in [0, 0.1) is 5.92 Å². The maximum atomic E-state index is 3.58. The molecule has 0 aromatic carbocycles. The van der Waals surface area contributed by atoms with Crippen molar-refractivity contribution in [3.05, 3.63) is 11.6 Å². The van der Waals surface area contributed by atoms with Crippen molar-refractivity contribution in [2.24, 2.45) is 5.92 Å². The fraction of sp³-hybridized carbons (Fsp3) is 0.857. The first-order chi connectivity index (χ1) is 7.92. The predicted octanol–water partition coefficient (Wildman–Crippen LogP) is 3.61. The molecule has 0 saturated carbocycles. The molecule has 0 bridgehead atoms. The molecule has 92 valence electrons. The molecule has 1 heterocycles. The van der Waals surface area contributed by atoms with Gasteiger partial charge in [0, 0.05) is 6.04 Å². The maximum Gasteiger partial charge on any atom is 0.0313 e. The molecule has 2 unspecified atom stereocenters. The number of thioether (sulfide) groups is 1. The van der Waals surface area contributed by atoms with Crippen molar-refractivity contribution in [2.45, 2.75) is 51.0 Å². The Kier molecular flexibility index (Phi) is 5.24. The summed E-state index contributed by atoms with van der Waals surface area (Å²) in [5.41, 5.74) is 1.72. The van der Waals surface area contributed by atoms with Crippen molar-refractivity contribution in [3.8, 4) is 0 Å². The summed E-state index contributed by atoms with van der Waals surface area (Å²) in [6.45, 7) is 0. The molecule has 2 rings (SSSR count). The maximum absolute atomic E-state index is 3.58. The third kappa shape index (κ3) is 3.27. The monoisotopic (exact) mass is 239 g/mol. The standard InChI is InChI=1S/C14H25NS/c1-15-14(13-9-10-16-11-13)12-7-5-3-2-4-6-8-12/h7,13-15H,2-6,8-11H2,1H3. The minimum Gasteiger partial charge on any atom is -0.313 e. The molecule has 1 aliphatic heterocycles. The summed E-state index contributed by atoms with van der Waals surface area (Å²) in [6.07, 6.45) is 12.3.